The summed E-state index contributed by atoms with van der Waals surface area (Å²) in [4.78, 5) is 0. The number of rotatable bonds is 5. The molecule has 0 aromatic heterocycles. The van der Waals surface area contributed by atoms with Gasteiger partial charge in [0, 0.05) is 17.1 Å². The van der Waals surface area contributed by atoms with E-state index in [-0.39, 0.29) is 0 Å². The SMILES string of the molecule is CCc1cccc(C)c1Nc1ccc(NS(C)(=O)=O)cc1. The fraction of sp³-hybridized carbons (Fsp3) is 0.250. The molecule has 0 saturated heterocycles. The van der Waals surface area contributed by atoms with E-state index in [4.69, 9.17) is 0 Å². The summed E-state index contributed by atoms with van der Waals surface area (Å²) in [7, 11) is -3.24. The van der Waals surface area contributed by atoms with Crippen LogP contribution in [0.3, 0.4) is 0 Å². The van der Waals surface area contributed by atoms with Gasteiger partial charge in [0.15, 0.2) is 0 Å². The first-order chi connectivity index (χ1) is 9.89. The van der Waals surface area contributed by atoms with Gasteiger partial charge in [-0.25, -0.2) is 8.42 Å². The van der Waals surface area contributed by atoms with Crippen LogP contribution in [0, 0.1) is 6.92 Å². The molecule has 0 aliphatic rings. The monoisotopic (exact) mass is 304 g/mol. The van der Waals surface area contributed by atoms with E-state index in [0.717, 1.165) is 24.1 Å². The number of anilines is 3. The number of aryl methyl sites for hydroxylation is 2. The second-order valence-corrected chi connectivity index (χ2v) is 6.79. The number of para-hydroxylation sites is 1. The average molecular weight is 304 g/mol. The highest BCUT2D eigenvalue weighted by Gasteiger charge is 2.05. The Hall–Kier alpha value is -2.01. The Morgan fingerprint density at radius 2 is 1.62 bits per heavy atom. The third-order valence-corrected chi connectivity index (χ3v) is 3.80. The van der Waals surface area contributed by atoms with Crippen LogP contribution >= 0.6 is 0 Å². The minimum atomic E-state index is -3.24. The van der Waals surface area contributed by atoms with E-state index < -0.39 is 10.0 Å². The van der Waals surface area contributed by atoms with Crippen molar-refractivity contribution in [3.63, 3.8) is 0 Å². The average Bonchev–Trinajstić information content (AvgIpc) is 2.41. The van der Waals surface area contributed by atoms with Gasteiger partial charge in [0.1, 0.15) is 0 Å². The molecule has 21 heavy (non-hydrogen) atoms. The molecule has 0 heterocycles. The molecule has 5 heteroatoms. The minimum absolute atomic E-state index is 0.559. The van der Waals surface area contributed by atoms with E-state index in [2.05, 4.69) is 42.1 Å². The molecule has 0 saturated carbocycles. The Labute approximate surface area is 126 Å². The van der Waals surface area contributed by atoms with Crippen LogP contribution in [-0.2, 0) is 16.4 Å². The molecule has 0 aliphatic carbocycles. The first-order valence-corrected chi connectivity index (χ1v) is 8.71. The molecular formula is C16H20N2O2S. The van der Waals surface area contributed by atoms with Gasteiger partial charge in [-0.3, -0.25) is 4.72 Å². The predicted octanol–water partition coefficient (Wildman–Crippen LogP) is 3.67. The van der Waals surface area contributed by atoms with Crippen molar-refractivity contribution in [1.29, 1.82) is 0 Å². The Balaban J connectivity index is 2.21. The van der Waals surface area contributed by atoms with Crippen molar-refractivity contribution in [1.82, 2.24) is 0 Å². The molecule has 0 amide bonds. The maximum atomic E-state index is 11.2. The molecule has 2 aromatic carbocycles. The Kier molecular flexibility index (Phi) is 4.53. The standard InChI is InChI=1S/C16H20N2O2S/c1-4-13-7-5-6-12(2)16(13)17-14-8-10-15(11-9-14)18-21(3,19)20/h5-11,17-18H,4H2,1-3H3. The predicted molar refractivity (Wildman–Crippen MR) is 88.7 cm³/mol. The molecule has 0 aliphatic heterocycles. The van der Waals surface area contributed by atoms with Crippen molar-refractivity contribution >= 4 is 27.1 Å². The minimum Gasteiger partial charge on any atom is -0.355 e. The lowest BCUT2D eigenvalue weighted by molar-refractivity contribution is 0.607. The van der Waals surface area contributed by atoms with Crippen LogP contribution in [0.1, 0.15) is 18.1 Å². The molecule has 2 aromatic rings. The van der Waals surface area contributed by atoms with E-state index >= 15 is 0 Å². The van der Waals surface area contributed by atoms with Crippen LogP contribution in [0.5, 0.6) is 0 Å². The lowest BCUT2D eigenvalue weighted by atomic mass is 10.1. The van der Waals surface area contributed by atoms with Gasteiger partial charge in [-0.2, -0.15) is 0 Å². The number of hydrogen-bond donors (Lipinski definition) is 2. The second-order valence-electron chi connectivity index (χ2n) is 5.04. The largest absolute Gasteiger partial charge is 0.355 e. The lowest BCUT2D eigenvalue weighted by Crippen LogP contribution is -2.09. The number of nitrogens with one attached hydrogen (secondary N) is 2. The van der Waals surface area contributed by atoms with Crippen molar-refractivity contribution in [3.8, 4) is 0 Å². The molecule has 2 rings (SSSR count). The van der Waals surface area contributed by atoms with E-state index in [9.17, 15) is 8.42 Å². The van der Waals surface area contributed by atoms with Crippen LogP contribution < -0.4 is 10.0 Å². The quantitative estimate of drug-likeness (QED) is 0.886. The first-order valence-electron chi connectivity index (χ1n) is 6.82. The summed E-state index contributed by atoms with van der Waals surface area (Å²) in [6, 6.07) is 13.4. The Bertz CT molecular complexity index is 722. The maximum Gasteiger partial charge on any atom is 0.229 e. The van der Waals surface area contributed by atoms with Crippen molar-refractivity contribution in [2.75, 3.05) is 16.3 Å². The van der Waals surface area contributed by atoms with Gasteiger partial charge in [0.2, 0.25) is 10.0 Å². The molecule has 0 bridgehead atoms. The van der Waals surface area contributed by atoms with Crippen LogP contribution in [0.4, 0.5) is 17.1 Å². The fourth-order valence-electron chi connectivity index (χ4n) is 2.18. The summed E-state index contributed by atoms with van der Waals surface area (Å²) in [6.45, 7) is 4.19. The highest BCUT2D eigenvalue weighted by Crippen LogP contribution is 2.26. The van der Waals surface area contributed by atoms with Gasteiger partial charge in [0.25, 0.3) is 0 Å². The fourth-order valence-corrected chi connectivity index (χ4v) is 2.75. The highest BCUT2D eigenvalue weighted by molar-refractivity contribution is 7.92. The number of hydrogen-bond acceptors (Lipinski definition) is 3. The first kappa shape index (κ1) is 15.4. The van der Waals surface area contributed by atoms with E-state index in [1.54, 1.807) is 12.1 Å². The third kappa shape index (κ3) is 4.23. The van der Waals surface area contributed by atoms with Gasteiger partial charge in [-0.15, -0.1) is 0 Å². The highest BCUT2D eigenvalue weighted by atomic mass is 32.2. The zero-order valence-corrected chi connectivity index (χ0v) is 13.3. The number of benzene rings is 2. The van der Waals surface area contributed by atoms with Gasteiger partial charge in [-0.05, 0) is 48.7 Å². The normalized spacial score (nSPS) is 11.2. The molecule has 4 nitrogen and oxygen atoms in total. The number of sulfonamides is 1. The van der Waals surface area contributed by atoms with Gasteiger partial charge >= 0.3 is 0 Å². The smallest absolute Gasteiger partial charge is 0.229 e. The van der Waals surface area contributed by atoms with E-state index in [1.165, 1.54) is 11.1 Å². The van der Waals surface area contributed by atoms with E-state index in [0.29, 0.717) is 5.69 Å². The molecule has 2 N–H and O–H groups in total. The Morgan fingerprint density at radius 3 is 2.19 bits per heavy atom. The van der Waals surface area contributed by atoms with E-state index in [1.807, 2.05) is 12.1 Å². The van der Waals surface area contributed by atoms with Gasteiger partial charge in [0.05, 0.1) is 6.26 Å². The Morgan fingerprint density at radius 1 is 1.00 bits per heavy atom. The lowest BCUT2D eigenvalue weighted by Gasteiger charge is -2.14. The van der Waals surface area contributed by atoms with Crippen molar-refractivity contribution < 1.29 is 8.42 Å². The van der Waals surface area contributed by atoms with Crippen LogP contribution in [0.2, 0.25) is 0 Å². The summed E-state index contributed by atoms with van der Waals surface area (Å²) in [6.07, 6.45) is 2.09. The second kappa shape index (κ2) is 6.18. The summed E-state index contributed by atoms with van der Waals surface area (Å²) in [5.41, 5.74) is 5.05. The van der Waals surface area contributed by atoms with Crippen LogP contribution in [-0.4, -0.2) is 14.7 Å². The third-order valence-electron chi connectivity index (χ3n) is 3.20. The van der Waals surface area contributed by atoms with Crippen molar-refractivity contribution in [3.05, 3.63) is 53.6 Å². The molecule has 0 unspecified atom stereocenters. The van der Waals surface area contributed by atoms with Gasteiger partial charge in [-0.1, -0.05) is 25.1 Å². The van der Waals surface area contributed by atoms with Gasteiger partial charge < -0.3 is 5.32 Å². The van der Waals surface area contributed by atoms with Crippen molar-refractivity contribution in [2.24, 2.45) is 0 Å². The maximum absolute atomic E-state index is 11.2. The molecule has 112 valence electrons. The summed E-state index contributed by atoms with van der Waals surface area (Å²) in [5.74, 6) is 0. The summed E-state index contributed by atoms with van der Waals surface area (Å²) >= 11 is 0. The van der Waals surface area contributed by atoms with Crippen LogP contribution in [0.25, 0.3) is 0 Å². The molecule has 0 fully saturated rings. The summed E-state index contributed by atoms with van der Waals surface area (Å²) < 4.78 is 24.8. The van der Waals surface area contributed by atoms with Crippen molar-refractivity contribution in [2.45, 2.75) is 20.3 Å². The summed E-state index contributed by atoms with van der Waals surface area (Å²) in [5, 5.41) is 3.40. The molecule has 0 atom stereocenters. The molecule has 0 radical (unpaired) electrons. The van der Waals surface area contributed by atoms with Crippen LogP contribution in [0.15, 0.2) is 42.5 Å². The zero-order valence-electron chi connectivity index (χ0n) is 12.5. The molecule has 0 spiro atoms. The topological polar surface area (TPSA) is 58.2 Å². The molecular weight excluding hydrogens is 284 g/mol. The zero-order chi connectivity index (χ0) is 15.5.